The zero-order valence-corrected chi connectivity index (χ0v) is 15.5. The lowest BCUT2D eigenvalue weighted by Gasteiger charge is -2.21. The van der Waals surface area contributed by atoms with Gasteiger partial charge in [-0.15, -0.1) is 0 Å². The molecule has 0 aliphatic carbocycles. The molecule has 0 bridgehead atoms. The summed E-state index contributed by atoms with van der Waals surface area (Å²) < 4.78 is 10.9. The lowest BCUT2D eigenvalue weighted by atomic mass is 10.3. The number of halogens is 2. The maximum absolute atomic E-state index is 12.6. The second-order valence-electron chi connectivity index (χ2n) is 5.32. The Bertz CT molecular complexity index is 783. The van der Waals surface area contributed by atoms with Gasteiger partial charge in [-0.1, -0.05) is 23.2 Å². The summed E-state index contributed by atoms with van der Waals surface area (Å²) in [5.41, 5.74) is 1.06. The largest absolute Gasteiger partial charge is 0.482 e. The Labute approximate surface area is 159 Å². The summed E-state index contributed by atoms with van der Waals surface area (Å²) in [7, 11) is 0. The van der Waals surface area contributed by atoms with E-state index in [4.69, 9.17) is 32.4 Å². The van der Waals surface area contributed by atoms with Crippen molar-refractivity contribution in [1.29, 1.82) is 0 Å². The fraction of sp³-hybridized carbons (Fsp3) is 0.167. The van der Waals surface area contributed by atoms with E-state index in [2.05, 4.69) is 0 Å². The molecule has 2 aromatic heterocycles. The fourth-order valence-electron chi connectivity index (χ4n) is 2.25. The number of rotatable bonds is 7. The van der Waals surface area contributed by atoms with Crippen LogP contribution in [0.2, 0.25) is 10.0 Å². The zero-order valence-electron chi connectivity index (χ0n) is 13.2. The van der Waals surface area contributed by atoms with Crippen LogP contribution in [0.3, 0.4) is 0 Å². The quantitative estimate of drug-likeness (QED) is 0.548. The van der Waals surface area contributed by atoms with Gasteiger partial charge in [0.2, 0.25) is 0 Å². The molecule has 0 saturated heterocycles. The second-order valence-corrected chi connectivity index (χ2v) is 6.95. The minimum absolute atomic E-state index is 0.119. The van der Waals surface area contributed by atoms with Gasteiger partial charge in [0.1, 0.15) is 11.5 Å². The van der Waals surface area contributed by atoms with Crippen molar-refractivity contribution >= 4 is 40.4 Å². The predicted octanol–water partition coefficient (Wildman–Crippen LogP) is 5.26. The Hall–Kier alpha value is -1.95. The number of thiophene rings is 1. The van der Waals surface area contributed by atoms with Crippen molar-refractivity contribution in [1.82, 2.24) is 4.90 Å². The Balaban J connectivity index is 1.67. The van der Waals surface area contributed by atoms with E-state index in [1.807, 2.05) is 22.9 Å². The number of ether oxygens (including phenoxy) is 1. The zero-order chi connectivity index (χ0) is 17.6. The van der Waals surface area contributed by atoms with Crippen molar-refractivity contribution in [3.63, 3.8) is 0 Å². The number of furan rings is 1. The number of carbonyl (C=O) groups excluding carboxylic acids is 1. The highest BCUT2D eigenvalue weighted by atomic mass is 35.5. The maximum atomic E-state index is 12.6. The average Bonchev–Trinajstić information content (AvgIpc) is 3.27. The van der Waals surface area contributed by atoms with Crippen LogP contribution in [0.5, 0.6) is 5.75 Å². The molecule has 0 fully saturated rings. The van der Waals surface area contributed by atoms with Gasteiger partial charge in [0.05, 0.1) is 17.8 Å². The molecule has 0 unspecified atom stereocenters. The van der Waals surface area contributed by atoms with Gasteiger partial charge >= 0.3 is 0 Å². The molecule has 3 rings (SSSR count). The van der Waals surface area contributed by atoms with Crippen LogP contribution in [-0.4, -0.2) is 17.4 Å². The Kier molecular flexibility index (Phi) is 6.02. The molecule has 0 N–H and O–H groups in total. The first-order chi connectivity index (χ1) is 12.1. The number of carbonyl (C=O) groups is 1. The number of hydrogen-bond acceptors (Lipinski definition) is 4. The summed E-state index contributed by atoms with van der Waals surface area (Å²) in [4.78, 5) is 14.3. The summed E-state index contributed by atoms with van der Waals surface area (Å²) >= 11 is 13.5. The maximum Gasteiger partial charge on any atom is 0.261 e. The number of benzene rings is 1. The van der Waals surface area contributed by atoms with Crippen LogP contribution in [0.15, 0.2) is 57.8 Å². The van der Waals surface area contributed by atoms with E-state index in [-0.39, 0.29) is 12.5 Å². The van der Waals surface area contributed by atoms with Crippen molar-refractivity contribution in [2.45, 2.75) is 13.1 Å². The van der Waals surface area contributed by atoms with Crippen LogP contribution < -0.4 is 4.74 Å². The molecule has 130 valence electrons. The molecule has 25 heavy (non-hydrogen) atoms. The number of nitrogens with zero attached hydrogens (tertiary/aromatic N) is 1. The van der Waals surface area contributed by atoms with E-state index in [9.17, 15) is 4.79 Å². The standard InChI is InChI=1S/C18H15Cl2NO3S/c19-14-3-4-17(16(20)8-14)24-11-18(22)21(9-13-5-7-25-12-13)10-15-2-1-6-23-15/h1-8,12H,9-11H2. The summed E-state index contributed by atoms with van der Waals surface area (Å²) in [6.07, 6.45) is 1.59. The Morgan fingerprint density at radius 1 is 1.20 bits per heavy atom. The monoisotopic (exact) mass is 395 g/mol. The minimum Gasteiger partial charge on any atom is -0.482 e. The molecule has 3 aromatic rings. The van der Waals surface area contributed by atoms with E-state index in [1.165, 1.54) is 0 Å². The van der Waals surface area contributed by atoms with Gasteiger partial charge in [-0.25, -0.2) is 0 Å². The van der Waals surface area contributed by atoms with Crippen LogP contribution >= 0.6 is 34.5 Å². The third-order valence-electron chi connectivity index (χ3n) is 3.48. The molecular weight excluding hydrogens is 381 g/mol. The summed E-state index contributed by atoms with van der Waals surface area (Å²) in [5, 5.41) is 4.88. The highest BCUT2D eigenvalue weighted by Crippen LogP contribution is 2.27. The molecule has 7 heteroatoms. The Morgan fingerprint density at radius 2 is 2.08 bits per heavy atom. The van der Waals surface area contributed by atoms with Gasteiger partial charge in [-0.2, -0.15) is 11.3 Å². The first-order valence-electron chi connectivity index (χ1n) is 7.51. The van der Waals surface area contributed by atoms with Crippen molar-refractivity contribution in [3.8, 4) is 5.75 Å². The van der Waals surface area contributed by atoms with Gasteiger partial charge in [0, 0.05) is 11.6 Å². The molecule has 1 aromatic carbocycles. The third-order valence-corrected chi connectivity index (χ3v) is 4.74. The molecule has 4 nitrogen and oxygen atoms in total. The molecule has 0 spiro atoms. The molecule has 0 radical (unpaired) electrons. The lowest BCUT2D eigenvalue weighted by molar-refractivity contribution is -0.134. The highest BCUT2D eigenvalue weighted by molar-refractivity contribution is 7.07. The average molecular weight is 396 g/mol. The van der Waals surface area contributed by atoms with E-state index < -0.39 is 0 Å². The third kappa shape index (κ3) is 5.01. The van der Waals surface area contributed by atoms with Crippen molar-refractivity contribution in [3.05, 3.63) is 74.8 Å². The smallest absolute Gasteiger partial charge is 0.261 e. The topological polar surface area (TPSA) is 42.7 Å². The number of amides is 1. The summed E-state index contributed by atoms with van der Waals surface area (Å²) in [5.74, 6) is 0.981. The van der Waals surface area contributed by atoms with Crippen LogP contribution in [0.1, 0.15) is 11.3 Å². The van der Waals surface area contributed by atoms with Crippen molar-refractivity contribution < 1.29 is 13.9 Å². The first-order valence-corrected chi connectivity index (χ1v) is 9.21. The van der Waals surface area contributed by atoms with Gasteiger partial charge < -0.3 is 14.1 Å². The molecule has 0 aliphatic heterocycles. The van der Waals surface area contributed by atoms with Crippen LogP contribution in [0.4, 0.5) is 0 Å². The highest BCUT2D eigenvalue weighted by Gasteiger charge is 2.17. The van der Waals surface area contributed by atoms with Gasteiger partial charge in [-0.3, -0.25) is 4.79 Å². The van der Waals surface area contributed by atoms with Crippen molar-refractivity contribution in [2.75, 3.05) is 6.61 Å². The summed E-state index contributed by atoms with van der Waals surface area (Å²) in [6, 6.07) is 10.5. The van der Waals surface area contributed by atoms with Gasteiger partial charge in [-0.05, 0) is 52.7 Å². The van der Waals surface area contributed by atoms with Gasteiger partial charge in [0.25, 0.3) is 5.91 Å². The molecule has 1 amide bonds. The van der Waals surface area contributed by atoms with Crippen molar-refractivity contribution in [2.24, 2.45) is 0 Å². The normalized spacial score (nSPS) is 10.6. The number of hydrogen-bond donors (Lipinski definition) is 0. The van der Waals surface area contributed by atoms with Crippen LogP contribution in [-0.2, 0) is 17.9 Å². The van der Waals surface area contributed by atoms with E-state index in [0.29, 0.717) is 34.6 Å². The lowest BCUT2D eigenvalue weighted by Crippen LogP contribution is -2.33. The fourth-order valence-corrected chi connectivity index (χ4v) is 3.37. The molecule has 2 heterocycles. The SMILES string of the molecule is O=C(COc1ccc(Cl)cc1Cl)N(Cc1ccsc1)Cc1ccco1. The van der Waals surface area contributed by atoms with E-state index in [0.717, 1.165) is 5.56 Å². The molecule has 0 atom stereocenters. The predicted molar refractivity (Wildman–Crippen MR) is 99.2 cm³/mol. The molecule has 0 aliphatic rings. The molecular formula is C18H15Cl2NO3S. The summed E-state index contributed by atoms with van der Waals surface area (Å²) in [6.45, 7) is 0.742. The van der Waals surface area contributed by atoms with Gasteiger partial charge in [0.15, 0.2) is 6.61 Å². The van der Waals surface area contributed by atoms with E-state index in [1.54, 1.807) is 46.8 Å². The first kappa shape index (κ1) is 17.9. The Morgan fingerprint density at radius 3 is 2.76 bits per heavy atom. The second kappa shape index (κ2) is 8.43. The van der Waals surface area contributed by atoms with E-state index >= 15 is 0 Å². The van der Waals surface area contributed by atoms with Crippen LogP contribution in [0, 0.1) is 0 Å². The molecule has 0 saturated carbocycles. The van der Waals surface area contributed by atoms with Crippen LogP contribution in [0.25, 0.3) is 0 Å². The minimum atomic E-state index is -0.159.